The van der Waals surface area contributed by atoms with E-state index in [0.717, 1.165) is 5.56 Å². The molecule has 24 heavy (non-hydrogen) atoms. The van der Waals surface area contributed by atoms with Crippen molar-refractivity contribution >= 4 is 22.4 Å². The van der Waals surface area contributed by atoms with Gasteiger partial charge in [0, 0.05) is 22.1 Å². The van der Waals surface area contributed by atoms with E-state index in [1.54, 1.807) is 6.07 Å². The molecule has 0 spiro atoms. The van der Waals surface area contributed by atoms with Crippen LogP contribution in [0.4, 0.5) is 10.1 Å². The van der Waals surface area contributed by atoms with Crippen molar-refractivity contribution in [3.63, 3.8) is 0 Å². The second-order valence-corrected chi connectivity index (χ2v) is 7.02. The number of nitrogens with one attached hydrogen (secondary N) is 1. The molecule has 1 N–H and O–H groups in total. The Balaban J connectivity index is 1.94. The number of carbonyl (C=O) groups excluding carboxylic acids is 1. The number of halogens is 1. The summed E-state index contributed by atoms with van der Waals surface area (Å²) in [4.78, 5) is 11.9. The van der Waals surface area contributed by atoms with Gasteiger partial charge in [-0.05, 0) is 38.1 Å². The summed E-state index contributed by atoms with van der Waals surface area (Å²) in [6.45, 7) is 3.83. The van der Waals surface area contributed by atoms with Gasteiger partial charge < -0.3 is 10.1 Å². The van der Waals surface area contributed by atoms with E-state index >= 15 is 0 Å². The van der Waals surface area contributed by atoms with Crippen LogP contribution in [0.25, 0.3) is 0 Å². The average Bonchev–Trinajstić information content (AvgIpc) is 2.48. The van der Waals surface area contributed by atoms with E-state index in [1.165, 1.54) is 18.2 Å². The first kappa shape index (κ1) is 18.1. The van der Waals surface area contributed by atoms with Crippen LogP contribution in [-0.4, -0.2) is 22.0 Å². The molecule has 0 aromatic heterocycles. The Morgan fingerprint density at radius 2 is 1.96 bits per heavy atom. The number of benzene rings is 2. The Kier molecular flexibility index (Phi) is 6.49. The molecule has 0 fully saturated rings. The molecular weight excluding hydrogens is 329 g/mol. The molecule has 0 heterocycles. The van der Waals surface area contributed by atoms with Gasteiger partial charge >= 0.3 is 0 Å². The molecular formula is C18H20FNO3S. The molecule has 0 aliphatic rings. The lowest BCUT2D eigenvalue weighted by atomic mass is 10.2. The summed E-state index contributed by atoms with van der Waals surface area (Å²) in [5, 5.41) is 2.54. The van der Waals surface area contributed by atoms with E-state index in [4.69, 9.17) is 4.74 Å². The fourth-order valence-corrected chi connectivity index (χ4v) is 3.18. The Morgan fingerprint density at radius 1 is 1.21 bits per heavy atom. The monoisotopic (exact) mass is 349 g/mol. The van der Waals surface area contributed by atoms with Crippen LogP contribution in [0, 0.1) is 5.82 Å². The van der Waals surface area contributed by atoms with Crippen LogP contribution in [0.5, 0.6) is 5.75 Å². The highest BCUT2D eigenvalue weighted by molar-refractivity contribution is 7.85. The first-order chi connectivity index (χ1) is 11.4. The van der Waals surface area contributed by atoms with Crippen LogP contribution in [0.15, 0.2) is 48.5 Å². The van der Waals surface area contributed by atoms with E-state index in [2.05, 4.69) is 5.32 Å². The van der Waals surface area contributed by atoms with Gasteiger partial charge in [-0.3, -0.25) is 9.00 Å². The summed E-state index contributed by atoms with van der Waals surface area (Å²) in [6.07, 6.45) is 0.0101. The van der Waals surface area contributed by atoms with Gasteiger partial charge in [0.1, 0.15) is 17.3 Å². The fourth-order valence-electron chi connectivity index (χ4n) is 2.13. The van der Waals surface area contributed by atoms with E-state index < -0.39 is 22.5 Å². The second-order valence-electron chi connectivity index (χ2n) is 5.56. The topological polar surface area (TPSA) is 55.4 Å². The minimum Gasteiger partial charge on any atom is -0.491 e. The summed E-state index contributed by atoms with van der Waals surface area (Å²) in [5.41, 5.74) is 1.14. The zero-order valence-electron chi connectivity index (χ0n) is 13.6. The van der Waals surface area contributed by atoms with Crippen molar-refractivity contribution in [3.8, 4) is 5.75 Å². The van der Waals surface area contributed by atoms with Crippen molar-refractivity contribution in [2.75, 3.05) is 11.1 Å². The van der Waals surface area contributed by atoms with Crippen molar-refractivity contribution < 1.29 is 18.1 Å². The predicted octanol–water partition coefficient (Wildman–Crippen LogP) is 3.50. The zero-order valence-corrected chi connectivity index (χ0v) is 14.4. The predicted molar refractivity (Wildman–Crippen MR) is 93.9 cm³/mol. The van der Waals surface area contributed by atoms with Gasteiger partial charge in [-0.1, -0.05) is 24.3 Å². The zero-order chi connectivity index (χ0) is 17.5. The van der Waals surface area contributed by atoms with Crippen LogP contribution >= 0.6 is 0 Å². The highest BCUT2D eigenvalue weighted by Gasteiger charge is 2.13. The van der Waals surface area contributed by atoms with Crippen molar-refractivity contribution in [2.24, 2.45) is 0 Å². The quantitative estimate of drug-likeness (QED) is 0.832. The van der Waals surface area contributed by atoms with Gasteiger partial charge in [0.05, 0.1) is 11.9 Å². The maximum absolute atomic E-state index is 13.1. The Hall–Kier alpha value is -2.21. The number of hydrogen-bond donors (Lipinski definition) is 1. The van der Waals surface area contributed by atoms with Crippen LogP contribution in [0.2, 0.25) is 0 Å². The minimum absolute atomic E-state index is 0.0101. The van der Waals surface area contributed by atoms with E-state index in [-0.39, 0.29) is 17.6 Å². The number of rotatable bonds is 7. The molecule has 0 saturated carbocycles. The summed E-state index contributed by atoms with van der Waals surface area (Å²) in [7, 11) is -1.39. The Bertz CT molecular complexity index is 734. The third-order valence-corrected chi connectivity index (χ3v) is 4.27. The largest absolute Gasteiger partial charge is 0.491 e. The second kappa shape index (κ2) is 8.59. The van der Waals surface area contributed by atoms with Crippen LogP contribution in [-0.2, 0) is 21.3 Å². The molecule has 0 saturated heterocycles. The molecule has 128 valence electrons. The normalized spacial score (nSPS) is 12.0. The smallest absolute Gasteiger partial charge is 0.237 e. The van der Waals surface area contributed by atoms with Gasteiger partial charge in [0.2, 0.25) is 5.91 Å². The lowest BCUT2D eigenvalue weighted by Crippen LogP contribution is -2.20. The van der Waals surface area contributed by atoms with Gasteiger partial charge in [-0.15, -0.1) is 0 Å². The summed E-state index contributed by atoms with van der Waals surface area (Å²) in [5.74, 6) is -0.118. The molecule has 1 amide bonds. The highest BCUT2D eigenvalue weighted by atomic mass is 32.2. The third kappa shape index (κ3) is 5.77. The number of hydrogen-bond acceptors (Lipinski definition) is 3. The van der Waals surface area contributed by atoms with Crippen molar-refractivity contribution in [3.05, 3.63) is 59.9 Å². The molecule has 2 aromatic rings. The maximum Gasteiger partial charge on any atom is 0.237 e. The lowest BCUT2D eigenvalue weighted by Gasteiger charge is -2.14. The van der Waals surface area contributed by atoms with Gasteiger partial charge in [0.15, 0.2) is 0 Å². The van der Waals surface area contributed by atoms with E-state index in [0.29, 0.717) is 11.4 Å². The van der Waals surface area contributed by atoms with Crippen LogP contribution < -0.4 is 10.1 Å². The summed E-state index contributed by atoms with van der Waals surface area (Å²) >= 11 is 0. The summed E-state index contributed by atoms with van der Waals surface area (Å²) < 4.78 is 31.0. The van der Waals surface area contributed by atoms with Crippen molar-refractivity contribution in [2.45, 2.75) is 25.7 Å². The van der Waals surface area contributed by atoms with Gasteiger partial charge in [0.25, 0.3) is 0 Å². The number of amides is 1. The van der Waals surface area contributed by atoms with Crippen molar-refractivity contribution in [1.29, 1.82) is 0 Å². The first-order valence-electron chi connectivity index (χ1n) is 7.59. The SMILES string of the molecule is CC(C)Oc1ccccc1C[S@@](=O)CC(=O)Nc1cccc(F)c1. The molecule has 0 unspecified atom stereocenters. The molecule has 0 bridgehead atoms. The Labute approximate surface area is 143 Å². The van der Waals surface area contributed by atoms with Crippen molar-refractivity contribution in [1.82, 2.24) is 0 Å². The van der Waals surface area contributed by atoms with Gasteiger partial charge in [-0.25, -0.2) is 4.39 Å². The summed E-state index contributed by atoms with van der Waals surface area (Å²) in [6, 6.07) is 12.9. The van der Waals surface area contributed by atoms with Gasteiger partial charge in [-0.2, -0.15) is 0 Å². The average molecular weight is 349 g/mol. The molecule has 2 aromatic carbocycles. The third-order valence-electron chi connectivity index (χ3n) is 3.05. The number of carbonyl (C=O) groups is 1. The number of para-hydroxylation sites is 1. The highest BCUT2D eigenvalue weighted by Crippen LogP contribution is 2.21. The van der Waals surface area contributed by atoms with Crippen LogP contribution in [0.1, 0.15) is 19.4 Å². The Morgan fingerprint density at radius 3 is 2.67 bits per heavy atom. The first-order valence-corrected chi connectivity index (χ1v) is 9.08. The molecule has 0 radical (unpaired) electrons. The molecule has 2 rings (SSSR count). The minimum atomic E-state index is -1.39. The molecule has 0 aliphatic carbocycles. The lowest BCUT2D eigenvalue weighted by molar-refractivity contribution is -0.113. The molecule has 1 atom stereocenters. The number of anilines is 1. The fraction of sp³-hybridized carbons (Fsp3) is 0.278. The molecule has 0 aliphatic heterocycles. The maximum atomic E-state index is 13.1. The molecule has 6 heteroatoms. The number of ether oxygens (including phenoxy) is 1. The van der Waals surface area contributed by atoms with E-state index in [9.17, 15) is 13.4 Å². The van der Waals surface area contributed by atoms with E-state index in [1.807, 2.05) is 38.1 Å². The molecule has 4 nitrogen and oxygen atoms in total. The standard InChI is InChI=1S/C18H20FNO3S/c1-13(2)23-17-9-4-3-6-14(17)11-24(22)12-18(21)20-16-8-5-7-15(19)10-16/h3-10,13H,11-12H2,1-2H3,(H,20,21)/t24-/m1/s1. The van der Waals surface area contributed by atoms with Crippen LogP contribution in [0.3, 0.4) is 0 Å².